The zero-order valence-corrected chi connectivity index (χ0v) is 19.0. The summed E-state index contributed by atoms with van der Waals surface area (Å²) in [5.41, 5.74) is 0.997. The van der Waals surface area contributed by atoms with Crippen molar-refractivity contribution in [3.8, 4) is 0 Å². The van der Waals surface area contributed by atoms with E-state index in [9.17, 15) is 9.59 Å². The number of nitrogens with zero attached hydrogens (tertiary/aromatic N) is 2. The van der Waals surface area contributed by atoms with Gasteiger partial charge in [-0.2, -0.15) is 0 Å². The molecule has 0 aromatic heterocycles. The molecule has 5 heteroatoms. The zero-order chi connectivity index (χ0) is 21.6. The van der Waals surface area contributed by atoms with Gasteiger partial charge >= 0.3 is 0 Å². The second-order valence-corrected chi connectivity index (χ2v) is 9.62. The predicted molar refractivity (Wildman–Crippen MR) is 121 cm³/mol. The smallest absolute Gasteiger partial charge is 0.228 e. The summed E-state index contributed by atoms with van der Waals surface area (Å²) in [5.74, 6) is 0.582. The highest BCUT2D eigenvalue weighted by Gasteiger charge is 2.35. The summed E-state index contributed by atoms with van der Waals surface area (Å²) in [6, 6.07) is 10.8. The molecule has 30 heavy (non-hydrogen) atoms. The molecule has 1 aromatic rings. The number of carbonyl (C=O) groups excluding carboxylic acids is 2. The van der Waals surface area contributed by atoms with Crippen LogP contribution in [0.2, 0.25) is 0 Å². The van der Waals surface area contributed by atoms with Gasteiger partial charge in [-0.3, -0.25) is 14.5 Å². The van der Waals surface area contributed by atoms with Gasteiger partial charge in [0.25, 0.3) is 0 Å². The Morgan fingerprint density at radius 2 is 1.77 bits per heavy atom. The number of carbonyl (C=O) groups is 2. The number of rotatable bonds is 7. The van der Waals surface area contributed by atoms with Gasteiger partial charge < -0.3 is 10.2 Å². The summed E-state index contributed by atoms with van der Waals surface area (Å²) in [4.78, 5) is 30.0. The van der Waals surface area contributed by atoms with Crippen LogP contribution in [0.5, 0.6) is 0 Å². The van der Waals surface area contributed by atoms with E-state index in [0.29, 0.717) is 12.6 Å². The molecule has 0 aliphatic carbocycles. The average Bonchev–Trinajstić information content (AvgIpc) is 2.79. The van der Waals surface area contributed by atoms with Crippen LogP contribution in [-0.2, 0) is 16.0 Å². The number of hydrogen-bond donors (Lipinski definition) is 1. The summed E-state index contributed by atoms with van der Waals surface area (Å²) in [5, 5.41) is 3.15. The molecule has 2 aliphatic heterocycles. The zero-order valence-electron chi connectivity index (χ0n) is 19.0. The van der Waals surface area contributed by atoms with Crippen molar-refractivity contribution >= 4 is 11.8 Å². The van der Waals surface area contributed by atoms with Crippen molar-refractivity contribution in [2.24, 2.45) is 11.3 Å². The van der Waals surface area contributed by atoms with Crippen molar-refractivity contribution in [2.75, 3.05) is 32.7 Å². The minimum absolute atomic E-state index is 0.0909. The maximum Gasteiger partial charge on any atom is 0.228 e. The lowest BCUT2D eigenvalue weighted by molar-refractivity contribution is -0.142. The number of amides is 2. The summed E-state index contributed by atoms with van der Waals surface area (Å²) in [6.07, 6.45) is 5.86. The van der Waals surface area contributed by atoms with Crippen LogP contribution in [0, 0.1) is 11.3 Å². The second kappa shape index (κ2) is 10.4. The number of piperidine rings is 2. The molecule has 2 fully saturated rings. The molecule has 3 rings (SSSR count). The van der Waals surface area contributed by atoms with Crippen LogP contribution in [0.15, 0.2) is 30.3 Å². The summed E-state index contributed by atoms with van der Waals surface area (Å²) >= 11 is 0. The van der Waals surface area contributed by atoms with Crippen molar-refractivity contribution < 1.29 is 9.59 Å². The van der Waals surface area contributed by atoms with Crippen LogP contribution in [-0.4, -0.2) is 60.4 Å². The lowest BCUT2D eigenvalue weighted by Gasteiger charge is -2.43. The van der Waals surface area contributed by atoms with E-state index in [1.54, 1.807) is 0 Å². The monoisotopic (exact) mass is 413 g/mol. The largest absolute Gasteiger partial charge is 0.355 e. The molecule has 0 bridgehead atoms. The van der Waals surface area contributed by atoms with Crippen LogP contribution in [0.25, 0.3) is 0 Å². The predicted octanol–water partition coefficient (Wildman–Crippen LogP) is 3.48. The van der Waals surface area contributed by atoms with Gasteiger partial charge in [0.2, 0.25) is 11.8 Å². The highest BCUT2D eigenvalue weighted by Crippen LogP contribution is 2.28. The SMILES string of the molecule is CCC(C)(C)C(=O)N1CCC(N2CCCC(C(=O)NCCc3ccccc3)C2)CC1. The fourth-order valence-electron chi connectivity index (χ4n) is 4.68. The Morgan fingerprint density at radius 3 is 2.43 bits per heavy atom. The fraction of sp³-hybridized carbons (Fsp3) is 0.680. The molecule has 1 atom stereocenters. The van der Waals surface area contributed by atoms with Gasteiger partial charge in [0.1, 0.15) is 0 Å². The van der Waals surface area contributed by atoms with Gasteiger partial charge in [-0.05, 0) is 50.6 Å². The van der Waals surface area contributed by atoms with E-state index in [0.717, 1.165) is 64.7 Å². The Labute approximate surface area is 182 Å². The number of benzene rings is 1. The first kappa shape index (κ1) is 22.8. The first-order valence-corrected chi connectivity index (χ1v) is 11.8. The van der Waals surface area contributed by atoms with Crippen LogP contribution >= 0.6 is 0 Å². The van der Waals surface area contributed by atoms with Crippen molar-refractivity contribution in [3.05, 3.63) is 35.9 Å². The third-order valence-corrected chi connectivity index (χ3v) is 7.11. The summed E-state index contributed by atoms with van der Waals surface area (Å²) < 4.78 is 0. The molecule has 2 aliphatic rings. The maximum absolute atomic E-state index is 12.7. The summed E-state index contributed by atoms with van der Waals surface area (Å²) in [7, 11) is 0. The fourth-order valence-corrected chi connectivity index (χ4v) is 4.68. The van der Waals surface area contributed by atoms with Crippen molar-refractivity contribution in [1.29, 1.82) is 0 Å². The van der Waals surface area contributed by atoms with Crippen LogP contribution in [0.1, 0.15) is 58.4 Å². The Hall–Kier alpha value is -1.88. The minimum Gasteiger partial charge on any atom is -0.355 e. The number of hydrogen-bond acceptors (Lipinski definition) is 3. The first-order valence-electron chi connectivity index (χ1n) is 11.8. The van der Waals surface area contributed by atoms with Crippen LogP contribution in [0.4, 0.5) is 0 Å². The van der Waals surface area contributed by atoms with Gasteiger partial charge in [-0.25, -0.2) is 0 Å². The molecular weight excluding hydrogens is 374 g/mol. The second-order valence-electron chi connectivity index (χ2n) is 9.62. The number of likely N-dealkylation sites (tertiary alicyclic amines) is 2. The third-order valence-electron chi connectivity index (χ3n) is 7.11. The molecular formula is C25H39N3O2. The van der Waals surface area contributed by atoms with Crippen molar-refractivity contribution in [3.63, 3.8) is 0 Å². The minimum atomic E-state index is -0.263. The van der Waals surface area contributed by atoms with Gasteiger partial charge in [-0.1, -0.05) is 51.1 Å². The molecule has 1 unspecified atom stereocenters. The topological polar surface area (TPSA) is 52.7 Å². The first-order chi connectivity index (χ1) is 14.4. The van der Waals surface area contributed by atoms with Crippen molar-refractivity contribution in [1.82, 2.24) is 15.1 Å². The van der Waals surface area contributed by atoms with E-state index in [-0.39, 0.29) is 23.1 Å². The highest BCUT2D eigenvalue weighted by molar-refractivity contribution is 5.82. The number of nitrogens with one attached hydrogen (secondary N) is 1. The van der Waals surface area contributed by atoms with E-state index >= 15 is 0 Å². The standard InChI is InChI=1S/C25H39N3O2/c1-4-25(2,3)24(30)27-17-13-22(14-18-27)28-16-8-11-21(19-28)23(29)26-15-12-20-9-6-5-7-10-20/h5-7,9-10,21-22H,4,8,11-19H2,1-3H3,(H,26,29). The maximum atomic E-state index is 12.7. The third kappa shape index (κ3) is 5.84. The Balaban J connectivity index is 1.43. The molecule has 0 spiro atoms. The molecule has 2 amide bonds. The molecule has 5 nitrogen and oxygen atoms in total. The summed E-state index contributed by atoms with van der Waals surface area (Å²) in [6.45, 7) is 10.5. The van der Waals surface area contributed by atoms with E-state index in [1.165, 1.54) is 5.56 Å². The van der Waals surface area contributed by atoms with Gasteiger partial charge in [0.15, 0.2) is 0 Å². The van der Waals surface area contributed by atoms with Crippen molar-refractivity contribution in [2.45, 2.75) is 65.3 Å². The molecule has 1 N–H and O–H groups in total. The highest BCUT2D eigenvalue weighted by atomic mass is 16.2. The van der Waals surface area contributed by atoms with Gasteiger partial charge in [-0.15, -0.1) is 0 Å². The molecule has 166 valence electrons. The normalized spacial score (nSPS) is 21.4. The lowest BCUT2D eigenvalue weighted by Crippen LogP contribution is -2.53. The molecule has 0 radical (unpaired) electrons. The van der Waals surface area contributed by atoms with E-state index in [1.807, 2.05) is 32.0 Å². The van der Waals surface area contributed by atoms with Gasteiger partial charge in [0, 0.05) is 37.6 Å². The van der Waals surface area contributed by atoms with E-state index < -0.39 is 0 Å². The lowest BCUT2D eigenvalue weighted by atomic mass is 9.87. The molecule has 2 saturated heterocycles. The van der Waals surface area contributed by atoms with Gasteiger partial charge in [0.05, 0.1) is 5.92 Å². The average molecular weight is 414 g/mol. The van der Waals surface area contributed by atoms with Crippen LogP contribution in [0.3, 0.4) is 0 Å². The Morgan fingerprint density at radius 1 is 1.07 bits per heavy atom. The quantitative estimate of drug-likeness (QED) is 0.745. The Kier molecular flexibility index (Phi) is 7.93. The van der Waals surface area contributed by atoms with E-state index in [2.05, 4.69) is 34.2 Å². The van der Waals surface area contributed by atoms with E-state index in [4.69, 9.17) is 0 Å². The molecule has 1 aromatic carbocycles. The Bertz CT molecular complexity index is 696. The van der Waals surface area contributed by atoms with Crippen LogP contribution < -0.4 is 5.32 Å². The molecule has 0 saturated carbocycles. The molecule has 2 heterocycles.